The largest absolute Gasteiger partial charge is 0.488 e. The van der Waals surface area contributed by atoms with E-state index in [4.69, 9.17) is 14.5 Å². The van der Waals surface area contributed by atoms with E-state index < -0.39 is 0 Å². The Morgan fingerprint density at radius 1 is 1.12 bits per heavy atom. The number of hydrogen-bond donors (Lipinski definition) is 0. The third-order valence-electron chi connectivity index (χ3n) is 4.54. The third-order valence-corrected chi connectivity index (χ3v) is 4.54. The number of hydrogen-bond acceptors (Lipinski definition) is 4. The van der Waals surface area contributed by atoms with Crippen LogP contribution in [0.15, 0.2) is 60.9 Å². The fourth-order valence-corrected chi connectivity index (χ4v) is 3.23. The Hall–Kier alpha value is -2.92. The SMILES string of the molecule is c1ccc2nc(-c3cnc4cc(O[C@H]5CCOC5)ccn34)ccc2c1. The van der Waals surface area contributed by atoms with Gasteiger partial charge >= 0.3 is 0 Å². The van der Waals surface area contributed by atoms with E-state index in [-0.39, 0.29) is 6.10 Å². The second kappa shape index (κ2) is 5.86. The van der Waals surface area contributed by atoms with Crippen molar-refractivity contribution in [2.45, 2.75) is 12.5 Å². The van der Waals surface area contributed by atoms with Crippen LogP contribution in [0.25, 0.3) is 27.9 Å². The van der Waals surface area contributed by atoms with Gasteiger partial charge in [-0.25, -0.2) is 9.97 Å². The van der Waals surface area contributed by atoms with Gasteiger partial charge in [0.25, 0.3) is 0 Å². The van der Waals surface area contributed by atoms with E-state index in [9.17, 15) is 0 Å². The molecule has 5 nitrogen and oxygen atoms in total. The monoisotopic (exact) mass is 331 g/mol. The van der Waals surface area contributed by atoms with Gasteiger partial charge in [-0.2, -0.15) is 0 Å². The van der Waals surface area contributed by atoms with Crippen LogP contribution in [0.3, 0.4) is 0 Å². The van der Waals surface area contributed by atoms with Gasteiger partial charge in [-0.05, 0) is 18.2 Å². The van der Waals surface area contributed by atoms with Crippen molar-refractivity contribution >= 4 is 16.6 Å². The van der Waals surface area contributed by atoms with Gasteiger partial charge in [0.2, 0.25) is 0 Å². The lowest BCUT2D eigenvalue weighted by Gasteiger charge is -2.12. The van der Waals surface area contributed by atoms with Crippen molar-refractivity contribution in [3.8, 4) is 17.1 Å². The number of ether oxygens (including phenoxy) is 2. The summed E-state index contributed by atoms with van der Waals surface area (Å²) < 4.78 is 13.4. The fraction of sp³-hybridized carbons (Fsp3) is 0.200. The molecule has 0 N–H and O–H groups in total. The van der Waals surface area contributed by atoms with Crippen molar-refractivity contribution in [2.24, 2.45) is 0 Å². The number of para-hydroxylation sites is 1. The molecule has 1 aromatic carbocycles. The fourth-order valence-electron chi connectivity index (χ4n) is 3.23. The number of aromatic nitrogens is 3. The topological polar surface area (TPSA) is 48.7 Å². The molecule has 1 aliphatic heterocycles. The normalized spacial score (nSPS) is 17.4. The Morgan fingerprint density at radius 3 is 3.00 bits per heavy atom. The van der Waals surface area contributed by atoms with Gasteiger partial charge in [0.05, 0.1) is 36.3 Å². The van der Waals surface area contributed by atoms with E-state index in [1.807, 2.05) is 53.2 Å². The minimum absolute atomic E-state index is 0.138. The number of imidazole rings is 1. The molecule has 1 saturated heterocycles. The molecule has 0 spiro atoms. The molecule has 5 rings (SSSR count). The molecule has 0 aliphatic carbocycles. The molecule has 4 heterocycles. The van der Waals surface area contributed by atoms with Crippen molar-refractivity contribution in [2.75, 3.05) is 13.2 Å². The summed E-state index contributed by atoms with van der Waals surface area (Å²) in [7, 11) is 0. The van der Waals surface area contributed by atoms with Gasteiger partial charge in [-0.15, -0.1) is 0 Å². The highest BCUT2D eigenvalue weighted by molar-refractivity contribution is 5.81. The predicted octanol–water partition coefficient (Wildman–Crippen LogP) is 3.72. The number of rotatable bonds is 3. The molecule has 1 atom stereocenters. The van der Waals surface area contributed by atoms with E-state index in [0.29, 0.717) is 6.61 Å². The highest BCUT2D eigenvalue weighted by Gasteiger charge is 2.17. The Labute approximate surface area is 144 Å². The van der Waals surface area contributed by atoms with Gasteiger partial charge in [0, 0.05) is 24.1 Å². The molecule has 0 unspecified atom stereocenters. The Morgan fingerprint density at radius 2 is 2.08 bits per heavy atom. The molecule has 0 amide bonds. The molecule has 5 heteroatoms. The van der Waals surface area contributed by atoms with Gasteiger partial charge in [-0.1, -0.05) is 24.3 Å². The highest BCUT2D eigenvalue weighted by atomic mass is 16.5. The average Bonchev–Trinajstić information content (AvgIpc) is 3.31. The summed E-state index contributed by atoms with van der Waals surface area (Å²) in [5.74, 6) is 0.826. The van der Waals surface area contributed by atoms with Crippen LogP contribution in [0.5, 0.6) is 5.75 Å². The van der Waals surface area contributed by atoms with E-state index in [1.165, 1.54) is 0 Å². The van der Waals surface area contributed by atoms with E-state index in [2.05, 4.69) is 17.1 Å². The smallest absolute Gasteiger partial charge is 0.140 e. The summed E-state index contributed by atoms with van der Waals surface area (Å²) in [4.78, 5) is 9.29. The third kappa shape index (κ3) is 2.62. The lowest BCUT2D eigenvalue weighted by Crippen LogP contribution is -2.15. The second-order valence-corrected chi connectivity index (χ2v) is 6.23. The molecule has 124 valence electrons. The number of fused-ring (bicyclic) bond motifs is 2. The summed E-state index contributed by atoms with van der Waals surface area (Å²) >= 11 is 0. The summed E-state index contributed by atoms with van der Waals surface area (Å²) in [5.41, 5.74) is 3.71. The van der Waals surface area contributed by atoms with Crippen LogP contribution < -0.4 is 4.74 Å². The first kappa shape index (κ1) is 14.4. The predicted molar refractivity (Wildman–Crippen MR) is 95.8 cm³/mol. The van der Waals surface area contributed by atoms with Crippen LogP contribution in [0.1, 0.15) is 6.42 Å². The van der Waals surface area contributed by atoms with Crippen molar-refractivity contribution in [1.82, 2.24) is 14.4 Å². The van der Waals surface area contributed by atoms with Gasteiger partial charge < -0.3 is 9.47 Å². The number of nitrogens with zero attached hydrogens (tertiary/aromatic N) is 3. The first-order chi connectivity index (χ1) is 12.4. The average molecular weight is 331 g/mol. The van der Waals surface area contributed by atoms with Crippen LogP contribution in [0, 0.1) is 0 Å². The quantitative estimate of drug-likeness (QED) is 0.574. The summed E-state index contributed by atoms with van der Waals surface area (Å²) in [6, 6.07) is 16.2. The lowest BCUT2D eigenvalue weighted by molar-refractivity contribution is 0.141. The van der Waals surface area contributed by atoms with Crippen LogP contribution in [-0.2, 0) is 4.74 Å². The molecule has 0 saturated carbocycles. The Kier molecular flexibility index (Phi) is 3.38. The maximum atomic E-state index is 5.96. The van der Waals surface area contributed by atoms with Crippen LogP contribution in [0.2, 0.25) is 0 Å². The van der Waals surface area contributed by atoms with E-state index in [0.717, 1.165) is 46.7 Å². The zero-order valence-electron chi connectivity index (χ0n) is 13.6. The highest BCUT2D eigenvalue weighted by Crippen LogP contribution is 2.25. The first-order valence-electron chi connectivity index (χ1n) is 8.44. The molecule has 0 bridgehead atoms. The van der Waals surface area contributed by atoms with Crippen LogP contribution >= 0.6 is 0 Å². The van der Waals surface area contributed by atoms with Crippen molar-refractivity contribution in [3.05, 3.63) is 60.9 Å². The Bertz CT molecular complexity index is 1050. The summed E-state index contributed by atoms with van der Waals surface area (Å²) in [5, 5.41) is 1.13. The first-order valence-corrected chi connectivity index (χ1v) is 8.44. The molecule has 1 aliphatic rings. The van der Waals surface area contributed by atoms with E-state index in [1.54, 1.807) is 0 Å². The number of pyridine rings is 2. The van der Waals surface area contributed by atoms with E-state index >= 15 is 0 Å². The molecule has 4 aromatic rings. The minimum Gasteiger partial charge on any atom is -0.488 e. The molecular weight excluding hydrogens is 314 g/mol. The summed E-state index contributed by atoms with van der Waals surface area (Å²) in [6.45, 7) is 1.43. The Balaban J connectivity index is 1.52. The van der Waals surface area contributed by atoms with Crippen molar-refractivity contribution < 1.29 is 9.47 Å². The molecule has 1 fully saturated rings. The maximum absolute atomic E-state index is 5.96. The van der Waals surface area contributed by atoms with Gasteiger partial charge in [0.1, 0.15) is 17.5 Å². The van der Waals surface area contributed by atoms with Crippen molar-refractivity contribution in [1.29, 1.82) is 0 Å². The molecule has 25 heavy (non-hydrogen) atoms. The number of benzene rings is 1. The van der Waals surface area contributed by atoms with Crippen LogP contribution in [-0.4, -0.2) is 33.7 Å². The second-order valence-electron chi connectivity index (χ2n) is 6.23. The van der Waals surface area contributed by atoms with Gasteiger partial charge in [0.15, 0.2) is 0 Å². The van der Waals surface area contributed by atoms with Crippen LogP contribution in [0.4, 0.5) is 0 Å². The van der Waals surface area contributed by atoms with Gasteiger partial charge in [-0.3, -0.25) is 4.40 Å². The zero-order chi connectivity index (χ0) is 16.6. The molecule has 0 radical (unpaired) electrons. The standard InChI is InChI=1S/C20H17N3O2/c1-2-4-17-14(3-1)5-6-18(22-17)19-12-21-20-11-15(7-9-23(19)20)25-16-8-10-24-13-16/h1-7,9,11-12,16H,8,10,13H2/t16-/m0/s1. The maximum Gasteiger partial charge on any atom is 0.140 e. The van der Waals surface area contributed by atoms with Crippen molar-refractivity contribution in [3.63, 3.8) is 0 Å². The molecular formula is C20H17N3O2. The zero-order valence-corrected chi connectivity index (χ0v) is 13.6. The lowest BCUT2D eigenvalue weighted by atomic mass is 10.2. The summed E-state index contributed by atoms with van der Waals surface area (Å²) in [6.07, 6.45) is 4.92. The molecule has 3 aromatic heterocycles. The minimum atomic E-state index is 0.138.